The number of hydrogen-bond donors (Lipinski definition) is 2. The van der Waals surface area contributed by atoms with Crippen LogP contribution < -0.4 is 5.32 Å². The van der Waals surface area contributed by atoms with Crippen LogP contribution in [0, 0.1) is 5.92 Å². The Bertz CT molecular complexity index is 322. The summed E-state index contributed by atoms with van der Waals surface area (Å²) in [5, 5.41) is 12.4. The van der Waals surface area contributed by atoms with Crippen molar-refractivity contribution in [1.82, 2.24) is 10.2 Å². The number of hydrogen-bond acceptors (Lipinski definition) is 4. The highest BCUT2D eigenvalue weighted by Gasteiger charge is 2.29. The normalized spacial score (nSPS) is 20.4. The van der Waals surface area contributed by atoms with Gasteiger partial charge in [-0.3, -0.25) is 4.79 Å². The molecule has 116 valence electrons. The summed E-state index contributed by atoms with van der Waals surface area (Å²) >= 11 is 0. The fourth-order valence-electron chi connectivity index (χ4n) is 2.37. The molecule has 0 aromatic rings. The summed E-state index contributed by atoms with van der Waals surface area (Å²) in [5.74, 6) is -0.295. The molecule has 1 heterocycles. The lowest BCUT2D eigenvalue weighted by atomic mass is 9.97. The van der Waals surface area contributed by atoms with Gasteiger partial charge in [-0.25, -0.2) is 4.79 Å². The first-order chi connectivity index (χ1) is 9.58. The summed E-state index contributed by atoms with van der Waals surface area (Å²) < 4.78 is 4.95. The van der Waals surface area contributed by atoms with E-state index in [0.717, 1.165) is 19.3 Å². The molecule has 0 aromatic heterocycles. The van der Waals surface area contributed by atoms with Gasteiger partial charge < -0.3 is 20.1 Å². The van der Waals surface area contributed by atoms with Crippen LogP contribution in [0.4, 0.5) is 4.79 Å². The molecule has 0 spiro atoms. The molecular formula is C14H26N2O4. The predicted molar refractivity (Wildman–Crippen MR) is 75.2 cm³/mol. The van der Waals surface area contributed by atoms with Gasteiger partial charge in [-0.2, -0.15) is 0 Å². The molecule has 0 bridgehead atoms. The Morgan fingerprint density at radius 2 is 2.20 bits per heavy atom. The molecule has 2 atom stereocenters. The minimum Gasteiger partial charge on any atom is -0.450 e. The maximum Gasteiger partial charge on any atom is 0.409 e. The monoisotopic (exact) mass is 286 g/mol. The molecule has 2 amide bonds. The van der Waals surface area contributed by atoms with Crippen LogP contribution in [0.3, 0.4) is 0 Å². The Morgan fingerprint density at radius 3 is 2.85 bits per heavy atom. The van der Waals surface area contributed by atoms with Gasteiger partial charge >= 0.3 is 6.09 Å². The fourth-order valence-corrected chi connectivity index (χ4v) is 2.37. The number of aliphatic hydroxyl groups excluding tert-OH is 1. The lowest BCUT2D eigenvalue weighted by Crippen LogP contribution is -2.46. The molecule has 1 aliphatic heterocycles. The minimum absolute atomic E-state index is 0.0887. The second kappa shape index (κ2) is 8.79. The zero-order chi connectivity index (χ0) is 15.0. The average Bonchev–Trinajstić information content (AvgIpc) is 2.45. The molecule has 0 aliphatic carbocycles. The second-order valence-corrected chi connectivity index (χ2v) is 5.17. The standard InChI is InChI=1S/C14H26N2O4/c1-3-6-12(17)9-15-13(18)11-7-5-8-16(10-11)14(19)20-4-2/h11-12,17H,3-10H2,1-2H3,(H,15,18). The van der Waals surface area contributed by atoms with Gasteiger partial charge in [0.2, 0.25) is 5.91 Å². The highest BCUT2D eigenvalue weighted by atomic mass is 16.6. The lowest BCUT2D eigenvalue weighted by Gasteiger charge is -2.31. The van der Waals surface area contributed by atoms with Crippen LogP contribution in [0.25, 0.3) is 0 Å². The smallest absolute Gasteiger partial charge is 0.409 e. The number of nitrogens with one attached hydrogen (secondary N) is 1. The zero-order valence-corrected chi connectivity index (χ0v) is 12.4. The molecule has 6 nitrogen and oxygen atoms in total. The highest BCUT2D eigenvalue weighted by Crippen LogP contribution is 2.17. The van der Waals surface area contributed by atoms with Crippen molar-refractivity contribution in [3.63, 3.8) is 0 Å². The van der Waals surface area contributed by atoms with Crippen molar-refractivity contribution in [2.45, 2.75) is 45.6 Å². The summed E-state index contributed by atoms with van der Waals surface area (Å²) in [6, 6.07) is 0. The molecule has 1 aliphatic rings. The topological polar surface area (TPSA) is 78.9 Å². The van der Waals surface area contributed by atoms with E-state index in [1.54, 1.807) is 11.8 Å². The number of amides is 2. The van der Waals surface area contributed by atoms with Gasteiger partial charge in [0.25, 0.3) is 0 Å². The van der Waals surface area contributed by atoms with E-state index in [1.165, 1.54) is 0 Å². The number of rotatable bonds is 6. The SMILES string of the molecule is CCCC(O)CNC(=O)C1CCCN(C(=O)OCC)C1. The van der Waals surface area contributed by atoms with Crippen molar-refractivity contribution in [2.24, 2.45) is 5.92 Å². The van der Waals surface area contributed by atoms with Crippen molar-refractivity contribution in [2.75, 3.05) is 26.2 Å². The van der Waals surface area contributed by atoms with Crippen LogP contribution in [-0.4, -0.2) is 54.4 Å². The van der Waals surface area contributed by atoms with E-state index in [2.05, 4.69) is 5.32 Å². The molecule has 0 saturated carbocycles. The van der Waals surface area contributed by atoms with Crippen LogP contribution in [0.2, 0.25) is 0 Å². The second-order valence-electron chi connectivity index (χ2n) is 5.17. The molecule has 1 fully saturated rings. The van der Waals surface area contributed by atoms with Crippen molar-refractivity contribution in [3.8, 4) is 0 Å². The van der Waals surface area contributed by atoms with E-state index in [1.807, 2.05) is 6.92 Å². The Balaban J connectivity index is 2.38. The van der Waals surface area contributed by atoms with Crippen molar-refractivity contribution in [1.29, 1.82) is 0 Å². The Hall–Kier alpha value is -1.30. The molecular weight excluding hydrogens is 260 g/mol. The molecule has 2 N–H and O–H groups in total. The number of piperidine rings is 1. The first-order valence-electron chi connectivity index (χ1n) is 7.45. The molecule has 0 radical (unpaired) electrons. The quantitative estimate of drug-likeness (QED) is 0.767. The number of ether oxygens (including phenoxy) is 1. The van der Waals surface area contributed by atoms with Gasteiger partial charge in [-0.1, -0.05) is 13.3 Å². The van der Waals surface area contributed by atoms with Gasteiger partial charge in [-0.15, -0.1) is 0 Å². The first kappa shape index (κ1) is 16.8. The van der Waals surface area contributed by atoms with Crippen molar-refractivity contribution in [3.05, 3.63) is 0 Å². The molecule has 6 heteroatoms. The largest absolute Gasteiger partial charge is 0.450 e. The van der Waals surface area contributed by atoms with E-state index in [-0.39, 0.29) is 24.5 Å². The molecule has 2 unspecified atom stereocenters. The summed E-state index contributed by atoms with van der Waals surface area (Å²) in [7, 11) is 0. The minimum atomic E-state index is -0.492. The lowest BCUT2D eigenvalue weighted by molar-refractivity contribution is -0.126. The maximum atomic E-state index is 12.0. The van der Waals surface area contributed by atoms with Gasteiger partial charge in [0.1, 0.15) is 0 Å². The van der Waals surface area contributed by atoms with E-state index >= 15 is 0 Å². The number of aliphatic hydroxyl groups is 1. The van der Waals surface area contributed by atoms with Gasteiger partial charge in [-0.05, 0) is 26.2 Å². The van der Waals surface area contributed by atoms with Gasteiger partial charge in [0, 0.05) is 19.6 Å². The number of carbonyl (C=O) groups excluding carboxylic acids is 2. The van der Waals surface area contributed by atoms with E-state index < -0.39 is 6.10 Å². The zero-order valence-electron chi connectivity index (χ0n) is 12.4. The molecule has 20 heavy (non-hydrogen) atoms. The summed E-state index contributed by atoms with van der Waals surface area (Å²) in [5.41, 5.74) is 0. The summed E-state index contributed by atoms with van der Waals surface area (Å²) in [6.07, 6.45) is 2.29. The van der Waals surface area contributed by atoms with Crippen LogP contribution in [0.15, 0.2) is 0 Å². The van der Waals surface area contributed by atoms with Crippen molar-refractivity contribution >= 4 is 12.0 Å². The van der Waals surface area contributed by atoms with Gasteiger partial charge in [0.15, 0.2) is 0 Å². The molecule has 0 aromatic carbocycles. The Labute approximate surface area is 120 Å². The predicted octanol–water partition coefficient (Wildman–Crippen LogP) is 1.13. The number of likely N-dealkylation sites (tertiary alicyclic amines) is 1. The first-order valence-corrected chi connectivity index (χ1v) is 7.45. The van der Waals surface area contributed by atoms with E-state index in [0.29, 0.717) is 26.1 Å². The third-order valence-electron chi connectivity index (χ3n) is 3.45. The third kappa shape index (κ3) is 5.36. The van der Waals surface area contributed by atoms with Crippen LogP contribution in [0.5, 0.6) is 0 Å². The van der Waals surface area contributed by atoms with Crippen LogP contribution >= 0.6 is 0 Å². The molecule has 1 rings (SSSR count). The summed E-state index contributed by atoms with van der Waals surface area (Å²) in [6.45, 7) is 5.41. The maximum absolute atomic E-state index is 12.0. The summed E-state index contributed by atoms with van der Waals surface area (Å²) in [4.78, 5) is 25.3. The van der Waals surface area contributed by atoms with Crippen LogP contribution in [0.1, 0.15) is 39.5 Å². The van der Waals surface area contributed by atoms with Crippen molar-refractivity contribution < 1.29 is 19.4 Å². The number of carbonyl (C=O) groups is 2. The van der Waals surface area contributed by atoms with E-state index in [9.17, 15) is 14.7 Å². The number of nitrogens with zero attached hydrogens (tertiary/aromatic N) is 1. The highest BCUT2D eigenvalue weighted by molar-refractivity contribution is 5.80. The fraction of sp³-hybridized carbons (Fsp3) is 0.857. The van der Waals surface area contributed by atoms with Crippen LogP contribution in [-0.2, 0) is 9.53 Å². The Morgan fingerprint density at radius 1 is 1.45 bits per heavy atom. The third-order valence-corrected chi connectivity index (χ3v) is 3.45. The van der Waals surface area contributed by atoms with E-state index in [4.69, 9.17) is 4.74 Å². The Kier molecular flexibility index (Phi) is 7.36. The van der Waals surface area contributed by atoms with Gasteiger partial charge in [0.05, 0.1) is 18.6 Å². The molecule has 1 saturated heterocycles. The average molecular weight is 286 g/mol.